The van der Waals surface area contributed by atoms with Crippen LogP contribution in [0.25, 0.3) is 10.8 Å². The summed E-state index contributed by atoms with van der Waals surface area (Å²) in [6.07, 6.45) is 3.34. The zero-order valence-corrected chi connectivity index (χ0v) is 7.07. The number of nitrogens with two attached hydrogens (primary N) is 1. The van der Waals surface area contributed by atoms with E-state index in [1.807, 2.05) is 12.1 Å². The van der Waals surface area contributed by atoms with Gasteiger partial charge in [0, 0.05) is 24.3 Å². The number of hydrogen-bond donors (Lipinski definition) is 2. The second kappa shape index (κ2) is 3.03. The van der Waals surface area contributed by atoms with Crippen LogP contribution in [0, 0.1) is 0 Å². The van der Waals surface area contributed by atoms with E-state index in [1.54, 1.807) is 18.5 Å². The number of benzene rings is 1. The van der Waals surface area contributed by atoms with Crippen LogP contribution in [-0.4, -0.2) is 10.1 Å². The number of hydrogen-bond acceptors (Lipinski definition) is 3. The van der Waals surface area contributed by atoms with E-state index < -0.39 is 0 Å². The number of pyridine rings is 1. The van der Waals surface area contributed by atoms with Crippen LogP contribution < -0.4 is 5.73 Å². The van der Waals surface area contributed by atoms with Gasteiger partial charge in [0.2, 0.25) is 0 Å². The fourth-order valence-electron chi connectivity index (χ4n) is 1.36. The van der Waals surface area contributed by atoms with Crippen LogP contribution in [0.3, 0.4) is 0 Å². The lowest BCUT2D eigenvalue weighted by Gasteiger charge is -2.03. The molecule has 2 aromatic rings. The molecule has 1 aromatic heterocycles. The van der Waals surface area contributed by atoms with Gasteiger partial charge in [-0.05, 0) is 29.1 Å². The van der Waals surface area contributed by atoms with Crippen molar-refractivity contribution in [3.05, 3.63) is 36.2 Å². The highest BCUT2D eigenvalue weighted by atomic mass is 16.3. The van der Waals surface area contributed by atoms with E-state index in [0.717, 1.165) is 16.3 Å². The summed E-state index contributed by atoms with van der Waals surface area (Å²) in [6.45, 7) is 0.436. The third-order valence-electron chi connectivity index (χ3n) is 2.03. The minimum Gasteiger partial charge on any atom is -0.507 e. The highest BCUT2D eigenvalue weighted by Gasteiger charge is 2.00. The Morgan fingerprint density at radius 2 is 2.23 bits per heavy atom. The van der Waals surface area contributed by atoms with E-state index in [-0.39, 0.29) is 5.75 Å². The maximum Gasteiger partial charge on any atom is 0.125 e. The van der Waals surface area contributed by atoms with Crippen LogP contribution in [-0.2, 0) is 6.54 Å². The lowest BCUT2D eigenvalue weighted by molar-refractivity contribution is 0.481. The third-order valence-corrected chi connectivity index (χ3v) is 2.03. The Balaban J connectivity index is 2.77. The smallest absolute Gasteiger partial charge is 0.125 e. The van der Waals surface area contributed by atoms with Crippen LogP contribution >= 0.6 is 0 Å². The van der Waals surface area contributed by atoms with Gasteiger partial charge in [0.1, 0.15) is 5.75 Å². The van der Waals surface area contributed by atoms with Crippen molar-refractivity contribution < 1.29 is 5.11 Å². The summed E-state index contributed by atoms with van der Waals surface area (Å²) in [5.41, 5.74) is 6.41. The maximum atomic E-state index is 9.59. The SMILES string of the molecule is NCc1cc(O)c2cnccc2c1. The van der Waals surface area contributed by atoms with E-state index in [1.165, 1.54) is 0 Å². The van der Waals surface area contributed by atoms with Crippen LogP contribution in [0.5, 0.6) is 5.75 Å². The van der Waals surface area contributed by atoms with Crippen molar-refractivity contribution in [2.75, 3.05) is 0 Å². The maximum absolute atomic E-state index is 9.59. The predicted molar refractivity (Wildman–Crippen MR) is 51.3 cm³/mol. The quantitative estimate of drug-likeness (QED) is 0.687. The first-order chi connectivity index (χ1) is 6.31. The Morgan fingerprint density at radius 1 is 1.38 bits per heavy atom. The lowest BCUT2D eigenvalue weighted by Crippen LogP contribution is -1.95. The van der Waals surface area contributed by atoms with Gasteiger partial charge in [0.25, 0.3) is 0 Å². The van der Waals surface area contributed by atoms with Crippen molar-refractivity contribution in [2.45, 2.75) is 6.54 Å². The molecule has 1 heterocycles. The van der Waals surface area contributed by atoms with Gasteiger partial charge in [-0.15, -0.1) is 0 Å². The predicted octanol–water partition coefficient (Wildman–Crippen LogP) is 1.40. The Bertz CT molecular complexity index is 440. The van der Waals surface area contributed by atoms with Gasteiger partial charge in [0.05, 0.1) is 0 Å². The van der Waals surface area contributed by atoms with Crippen LogP contribution in [0.1, 0.15) is 5.56 Å². The molecule has 0 saturated carbocycles. The minimum absolute atomic E-state index is 0.242. The highest BCUT2D eigenvalue weighted by Crippen LogP contribution is 2.24. The second-order valence-corrected chi connectivity index (χ2v) is 2.92. The molecule has 0 spiro atoms. The average molecular weight is 174 g/mol. The van der Waals surface area contributed by atoms with Crippen molar-refractivity contribution >= 4 is 10.8 Å². The minimum atomic E-state index is 0.242. The fourth-order valence-corrected chi connectivity index (χ4v) is 1.36. The molecule has 0 radical (unpaired) electrons. The summed E-state index contributed by atoms with van der Waals surface area (Å²) in [5.74, 6) is 0.242. The largest absolute Gasteiger partial charge is 0.507 e. The van der Waals surface area contributed by atoms with Gasteiger partial charge >= 0.3 is 0 Å². The Morgan fingerprint density at radius 3 is 3.00 bits per heavy atom. The normalized spacial score (nSPS) is 10.5. The molecule has 0 aliphatic rings. The Kier molecular flexibility index (Phi) is 1.87. The molecule has 3 heteroatoms. The molecular weight excluding hydrogens is 164 g/mol. The summed E-state index contributed by atoms with van der Waals surface area (Å²) < 4.78 is 0. The zero-order chi connectivity index (χ0) is 9.26. The summed E-state index contributed by atoms with van der Waals surface area (Å²) in [4.78, 5) is 3.94. The van der Waals surface area contributed by atoms with Crippen LogP contribution in [0.2, 0.25) is 0 Å². The van der Waals surface area contributed by atoms with E-state index in [0.29, 0.717) is 6.54 Å². The summed E-state index contributed by atoms with van der Waals surface area (Å²) in [5, 5.41) is 11.3. The lowest BCUT2D eigenvalue weighted by atomic mass is 10.1. The number of aromatic nitrogens is 1. The monoisotopic (exact) mass is 174 g/mol. The number of nitrogens with zero attached hydrogens (tertiary/aromatic N) is 1. The summed E-state index contributed by atoms with van der Waals surface area (Å²) in [7, 11) is 0. The molecule has 0 amide bonds. The molecule has 66 valence electrons. The molecular formula is C10H10N2O. The van der Waals surface area contributed by atoms with E-state index in [4.69, 9.17) is 5.73 Å². The number of rotatable bonds is 1. The molecule has 0 aliphatic heterocycles. The topological polar surface area (TPSA) is 59.1 Å². The molecule has 0 bridgehead atoms. The first kappa shape index (κ1) is 8.01. The highest BCUT2D eigenvalue weighted by molar-refractivity contribution is 5.87. The van der Waals surface area contributed by atoms with Gasteiger partial charge in [0.15, 0.2) is 0 Å². The van der Waals surface area contributed by atoms with Gasteiger partial charge in [-0.1, -0.05) is 0 Å². The summed E-state index contributed by atoms with van der Waals surface area (Å²) >= 11 is 0. The molecule has 0 aliphatic carbocycles. The summed E-state index contributed by atoms with van der Waals surface area (Å²) in [6, 6.07) is 5.48. The molecule has 3 N–H and O–H groups in total. The average Bonchev–Trinajstić information content (AvgIpc) is 2.18. The Hall–Kier alpha value is -1.61. The van der Waals surface area contributed by atoms with E-state index in [2.05, 4.69) is 4.98 Å². The first-order valence-electron chi connectivity index (χ1n) is 4.07. The van der Waals surface area contributed by atoms with Gasteiger partial charge in [-0.25, -0.2) is 0 Å². The third kappa shape index (κ3) is 1.34. The number of phenols is 1. The Labute approximate surface area is 75.8 Å². The van der Waals surface area contributed by atoms with Crippen LogP contribution in [0.4, 0.5) is 0 Å². The van der Waals surface area contributed by atoms with Crippen molar-refractivity contribution in [1.82, 2.24) is 4.98 Å². The molecule has 0 unspecified atom stereocenters. The molecule has 2 rings (SSSR count). The zero-order valence-electron chi connectivity index (χ0n) is 7.07. The van der Waals surface area contributed by atoms with Gasteiger partial charge in [-0.3, -0.25) is 4.98 Å². The molecule has 1 aromatic carbocycles. The number of aromatic hydroxyl groups is 1. The molecule has 0 fully saturated rings. The number of fused-ring (bicyclic) bond motifs is 1. The van der Waals surface area contributed by atoms with Crippen molar-refractivity contribution in [2.24, 2.45) is 5.73 Å². The van der Waals surface area contributed by atoms with Crippen molar-refractivity contribution in [3.63, 3.8) is 0 Å². The van der Waals surface area contributed by atoms with Crippen molar-refractivity contribution in [1.29, 1.82) is 0 Å². The molecule has 0 atom stereocenters. The van der Waals surface area contributed by atoms with Gasteiger partial charge < -0.3 is 10.8 Å². The number of phenolic OH excluding ortho intramolecular Hbond substituents is 1. The van der Waals surface area contributed by atoms with Crippen molar-refractivity contribution in [3.8, 4) is 5.75 Å². The van der Waals surface area contributed by atoms with E-state index in [9.17, 15) is 5.11 Å². The standard InChI is InChI=1S/C10H10N2O/c11-5-7-3-8-1-2-12-6-9(8)10(13)4-7/h1-4,6,13H,5,11H2. The van der Waals surface area contributed by atoms with Crippen LogP contribution in [0.15, 0.2) is 30.6 Å². The second-order valence-electron chi connectivity index (χ2n) is 2.92. The molecule has 3 nitrogen and oxygen atoms in total. The fraction of sp³-hybridized carbons (Fsp3) is 0.100. The van der Waals surface area contributed by atoms with Gasteiger partial charge in [-0.2, -0.15) is 0 Å². The van der Waals surface area contributed by atoms with E-state index >= 15 is 0 Å². The molecule has 13 heavy (non-hydrogen) atoms. The molecule has 0 saturated heterocycles. The first-order valence-corrected chi connectivity index (χ1v) is 4.07.